The summed E-state index contributed by atoms with van der Waals surface area (Å²) in [6.07, 6.45) is 1.98. The van der Waals surface area contributed by atoms with Crippen LogP contribution < -0.4 is 0 Å². The molecule has 4 nitrogen and oxygen atoms in total. The predicted molar refractivity (Wildman–Crippen MR) is 114 cm³/mol. The summed E-state index contributed by atoms with van der Waals surface area (Å²) in [5.41, 5.74) is 1.05. The third-order valence-electron chi connectivity index (χ3n) is 7.79. The second-order valence-electron chi connectivity index (χ2n) is 9.37. The van der Waals surface area contributed by atoms with Crippen molar-refractivity contribution in [3.05, 3.63) is 64.8 Å². The zero-order chi connectivity index (χ0) is 23.6. The van der Waals surface area contributed by atoms with Crippen LogP contribution in [0.3, 0.4) is 0 Å². The molecule has 0 saturated heterocycles. The van der Waals surface area contributed by atoms with E-state index in [1.165, 1.54) is 12.1 Å². The summed E-state index contributed by atoms with van der Waals surface area (Å²) in [5.74, 6) is -2.48. The first-order valence-electron chi connectivity index (χ1n) is 11.0. The van der Waals surface area contributed by atoms with Gasteiger partial charge >= 0.3 is 12.1 Å². The third kappa shape index (κ3) is 3.02. The molecule has 0 bridgehead atoms. The molecule has 3 aliphatic rings. The van der Waals surface area contributed by atoms with E-state index in [2.05, 4.69) is 5.10 Å². The minimum absolute atomic E-state index is 0.172. The van der Waals surface area contributed by atoms with E-state index in [0.717, 1.165) is 23.9 Å². The van der Waals surface area contributed by atoms with Gasteiger partial charge in [-0.25, -0.2) is 9.07 Å². The molecule has 3 atom stereocenters. The number of esters is 1. The number of alkyl halides is 3. The Morgan fingerprint density at radius 2 is 1.97 bits per heavy atom. The Labute approximate surface area is 188 Å². The van der Waals surface area contributed by atoms with Crippen molar-refractivity contribution in [3.63, 3.8) is 0 Å². The highest BCUT2D eigenvalue weighted by Crippen LogP contribution is 2.63. The quantitative estimate of drug-likeness (QED) is 0.323. The number of methoxy groups -OCH3 is 1. The molecule has 3 aliphatic carbocycles. The Balaban J connectivity index is 1.58. The number of benzene rings is 1. The summed E-state index contributed by atoms with van der Waals surface area (Å²) in [5, 5.41) is 4.48. The summed E-state index contributed by atoms with van der Waals surface area (Å²) in [6.45, 7) is 1.97. The molecule has 2 aromatic rings. The summed E-state index contributed by atoms with van der Waals surface area (Å²) < 4.78 is 63.1. The minimum Gasteiger partial charge on any atom is -0.468 e. The molecule has 1 heterocycles. The maximum absolute atomic E-state index is 14.4. The van der Waals surface area contributed by atoms with E-state index < -0.39 is 28.9 Å². The van der Waals surface area contributed by atoms with Crippen LogP contribution in [0.15, 0.2) is 47.7 Å². The fourth-order valence-corrected chi connectivity index (χ4v) is 6.15. The van der Waals surface area contributed by atoms with Gasteiger partial charge in [-0.15, -0.1) is 0 Å². The summed E-state index contributed by atoms with van der Waals surface area (Å²) in [7, 11) is 1.03. The van der Waals surface area contributed by atoms with E-state index in [1.54, 1.807) is 23.0 Å². The zero-order valence-corrected chi connectivity index (χ0v) is 18.4. The maximum atomic E-state index is 14.4. The van der Waals surface area contributed by atoms with E-state index in [0.29, 0.717) is 24.1 Å². The fourth-order valence-electron chi connectivity index (χ4n) is 6.15. The van der Waals surface area contributed by atoms with E-state index >= 15 is 0 Å². The first-order valence-corrected chi connectivity index (χ1v) is 11.0. The van der Waals surface area contributed by atoms with Gasteiger partial charge in [-0.2, -0.15) is 18.3 Å². The van der Waals surface area contributed by atoms with Gasteiger partial charge in [0.15, 0.2) is 5.41 Å². The molecule has 1 saturated carbocycles. The van der Waals surface area contributed by atoms with Gasteiger partial charge in [0.25, 0.3) is 0 Å². The number of halogens is 4. The lowest BCUT2D eigenvalue weighted by atomic mass is 9.51. The number of fused-ring (bicyclic) bond motifs is 4. The predicted octanol–water partition coefficient (Wildman–Crippen LogP) is 5.81. The van der Waals surface area contributed by atoms with Crippen LogP contribution in [0, 0.1) is 22.6 Å². The SMILES string of the molecule is COC(=O)[C@@]1(C(F)(F)F)CCC=C2C1CCC1=Cc3c(cnn3-c3ccc(F)cc3)C[C@@]12C. The van der Waals surface area contributed by atoms with Gasteiger partial charge in [0.2, 0.25) is 0 Å². The number of carbonyl (C=O) groups excluding carboxylic acids is 1. The van der Waals surface area contributed by atoms with Gasteiger partial charge in [-0.3, -0.25) is 4.79 Å². The Morgan fingerprint density at radius 1 is 1.24 bits per heavy atom. The molecule has 1 aromatic carbocycles. The van der Waals surface area contributed by atoms with E-state index in [-0.39, 0.29) is 25.1 Å². The average Bonchev–Trinajstić information content (AvgIpc) is 3.18. The van der Waals surface area contributed by atoms with Crippen LogP contribution >= 0.6 is 0 Å². The Bertz CT molecular complexity index is 1180. The molecule has 33 heavy (non-hydrogen) atoms. The average molecular weight is 460 g/mol. The Hall–Kier alpha value is -2.90. The number of nitrogens with zero attached hydrogens (tertiary/aromatic N) is 2. The molecule has 0 aliphatic heterocycles. The van der Waals surface area contributed by atoms with Gasteiger partial charge in [-0.05, 0) is 68.0 Å². The van der Waals surface area contributed by atoms with Crippen LogP contribution in [0.5, 0.6) is 0 Å². The van der Waals surface area contributed by atoms with E-state index in [1.807, 2.05) is 19.1 Å². The number of ether oxygens (including phenoxy) is 1. The van der Waals surface area contributed by atoms with Crippen LogP contribution in [0.2, 0.25) is 0 Å². The molecule has 174 valence electrons. The lowest BCUT2D eigenvalue weighted by Gasteiger charge is -2.53. The van der Waals surface area contributed by atoms with Crippen molar-refractivity contribution < 1.29 is 27.1 Å². The molecule has 1 aromatic heterocycles. The fraction of sp³-hybridized carbons (Fsp3) is 0.440. The van der Waals surface area contributed by atoms with Crippen molar-refractivity contribution in [1.82, 2.24) is 9.78 Å². The second kappa shape index (κ2) is 7.30. The van der Waals surface area contributed by atoms with E-state index in [4.69, 9.17) is 4.74 Å². The number of carbonyl (C=O) groups is 1. The van der Waals surface area contributed by atoms with Gasteiger partial charge in [0.05, 0.1) is 24.7 Å². The number of hydrogen-bond donors (Lipinski definition) is 0. The first kappa shape index (κ1) is 21.9. The van der Waals surface area contributed by atoms with Crippen molar-refractivity contribution in [1.29, 1.82) is 0 Å². The number of rotatable bonds is 2. The number of hydrogen-bond acceptors (Lipinski definition) is 3. The highest BCUT2D eigenvalue weighted by Gasteiger charge is 2.68. The van der Waals surface area contributed by atoms with Gasteiger partial charge in [0.1, 0.15) is 5.82 Å². The molecule has 8 heteroatoms. The maximum Gasteiger partial charge on any atom is 0.405 e. The molecular formula is C25H24F4N2O2. The lowest BCUT2D eigenvalue weighted by Crippen LogP contribution is -2.56. The van der Waals surface area contributed by atoms with Gasteiger partial charge < -0.3 is 4.74 Å². The Kier molecular flexibility index (Phi) is 4.85. The highest BCUT2D eigenvalue weighted by atomic mass is 19.4. The second-order valence-corrected chi connectivity index (χ2v) is 9.37. The highest BCUT2D eigenvalue weighted by molar-refractivity contribution is 5.80. The van der Waals surface area contributed by atoms with Crippen molar-refractivity contribution >= 4 is 12.0 Å². The van der Waals surface area contributed by atoms with Crippen LogP contribution in [0.4, 0.5) is 17.6 Å². The first-order chi connectivity index (χ1) is 15.6. The molecular weight excluding hydrogens is 436 g/mol. The Morgan fingerprint density at radius 3 is 2.64 bits per heavy atom. The smallest absolute Gasteiger partial charge is 0.405 e. The van der Waals surface area contributed by atoms with Crippen molar-refractivity contribution in [3.8, 4) is 5.69 Å². The van der Waals surface area contributed by atoms with Crippen molar-refractivity contribution in [2.45, 2.75) is 45.2 Å². The van der Waals surface area contributed by atoms with Crippen molar-refractivity contribution in [2.24, 2.45) is 16.7 Å². The minimum atomic E-state index is -4.70. The summed E-state index contributed by atoms with van der Waals surface area (Å²) in [4.78, 5) is 12.6. The third-order valence-corrected chi connectivity index (χ3v) is 7.79. The van der Waals surface area contributed by atoms with Crippen LogP contribution in [-0.2, 0) is 16.0 Å². The van der Waals surface area contributed by atoms with Gasteiger partial charge in [-0.1, -0.05) is 24.1 Å². The molecule has 1 fully saturated rings. The lowest BCUT2D eigenvalue weighted by molar-refractivity contribution is -0.250. The van der Waals surface area contributed by atoms with Crippen LogP contribution in [0.1, 0.15) is 43.9 Å². The largest absolute Gasteiger partial charge is 0.468 e. The topological polar surface area (TPSA) is 44.1 Å². The monoisotopic (exact) mass is 460 g/mol. The molecule has 1 unspecified atom stereocenters. The van der Waals surface area contributed by atoms with Crippen LogP contribution in [0.25, 0.3) is 11.8 Å². The zero-order valence-electron chi connectivity index (χ0n) is 18.4. The number of aromatic nitrogens is 2. The van der Waals surface area contributed by atoms with Crippen LogP contribution in [-0.4, -0.2) is 29.0 Å². The molecule has 0 N–H and O–H groups in total. The van der Waals surface area contributed by atoms with Crippen molar-refractivity contribution in [2.75, 3.05) is 7.11 Å². The molecule has 5 rings (SSSR count). The molecule has 0 spiro atoms. The molecule has 0 amide bonds. The van der Waals surface area contributed by atoms with E-state index in [9.17, 15) is 22.4 Å². The normalized spacial score (nSPS) is 28.7. The molecule has 0 radical (unpaired) electrons. The standard InChI is InChI=1S/C25H24F4N2O2/c1-23-13-15-14-30-31(18-8-6-17(26)7-9-18)21(15)12-16(23)5-10-20-19(23)4-3-11-24(20,22(32)33-2)25(27,28)29/h4,6-9,12,14,20H,3,5,10-11,13H2,1-2H3/t20?,23-,24+/m0/s1. The number of allylic oxidation sites excluding steroid dienone is 3. The van der Waals surface area contributed by atoms with Gasteiger partial charge in [0, 0.05) is 11.3 Å². The summed E-state index contributed by atoms with van der Waals surface area (Å²) in [6, 6.07) is 6.02. The summed E-state index contributed by atoms with van der Waals surface area (Å²) >= 11 is 0.